The second kappa shape index (κ2) is 12.2. The number of piperidine rings is 2. The van der Waals surface area contributed by atoms with Gasteiger partial charge in [0.25, 0.3) is 0 Å². The van der Waals surface area contributed by atoms with Crippen LogP contribution in [0.15, 0.2) is 36.4 Å². The average Bonchev–Trinajstić information content (AvgIpc) is 2.90. The molecule has 2 aromatic carbocycles. The molecule has 0 saturated carbocycles. The zero-order valence-corrected chi connectivity index (χ0v) is 22.8. The fourth-order valence-electron chi connectivity index (χ4n) is 5.54. The van der Waals surface area contributed by atoms with E-state index >= 15 is 0 Å². The molecule has 2 atom stereocenters. The lowest BCUT2D eigenvalue weighted by Crippen LogP contribution is -2.46. The molecule has 1 N–H and O–H groups in total. The third-order valence-electron chi connectivity index (χ3n) is 7.54. The highest BCUT2D eigenvalue weighted by atomic mass is 35.5. The zero-order valence-electron chi connectivity index (χ0n) is 21.3. The summed E-state index contributed by atoms with van der Waals surface area (Å²) < 4.78 is 0. The number of aryl methyl sites for hydroxylation is 1. The van der Waals surface area contributed by atoms with Crippen molar-refractivity contribution in [2.45, 2.75) is 58.4 Å². The van der Waals surface area contributed by atoms with E-state index in [1.807, 2.05) is 17.0 Å². The van der Waals surface area contributed by atoms with Gasteiger partial charge in [-0.2, -0.15) is 5.26 Å². The van der Waals surface area contributed by atoms with Crippen LogP contribution in [0, 0.1) is 23.2 Å². The lowest BCUT2D eigenvalue weighted by atomic mass is 9.92. The number of benzene rings is 2. The van der Waals surface area contributed by atoms with Gasteiger partial charge in [-0.25, -0.2) is 0 Å². The Morgan fingerprint density at radius 1 is 1.14 bits per heavy atom. The van der Waals surface area contributed by atoms with Crippen LogP contribution >= 0.6 is 23.2 Å². The Morgan fingerprint density at radius 3 is 2.64 bits per heavy atom. The Labute approximate surface area is 225 Å². The van der Waals surface area contributed by atoms with Crippen LogP contribution < -0.4 is 10.2 Å². The normalized spacial score (nSPS) is 19.6. The van der Waals surface area contributed by atoms with Crippen molar-refractivity contribution in [3.63, 3.8) is 0 Å². The largest absolute Gasteiger partial charge is 0.377 e. The minimum atomic E-state index is -0.0175. The average molecular weight is 528 g/mol. The van der Waals surface area contributed by atoms with Crippen LogP contribution in [-0.4, -0.2) is 37.0 Å². The fraction of sp³-hybridized carbons (Fsp3) is 0.517. The van der Waals surface area contributed by atoms with Crippen molar-refractivity contribution < 1.29 is 4.79 Å². The number of nitriles is 1. The molecular weight excluding hydrogens is 491 g/mol. The Kier molecular flexibility index (Phi) is 9.04. The second-order valence-electron chi connectivity index (χ2n) is 10.1. The number of likely N-dealkylation sites (tertiary alicyclic amines) is 1. The van der Waals surface area contributed by atoms with Crippen LogP contribution in [0.25, 0.3) is 0 Å². The molecular formula is C29H36Cl2N4O. The van der Waals surface area contributed by atoms with E-state index in [9.17, 15) is 10.1 Å². The van der Waals surface area contributed by atoms with E-state index in [4.69, 9.17) is 23.2 Å². The van der Waals surface area contributed by atoms with Crippen LogP contribution in [0.4, 0.5) is 11.4 Å². The quantitative estimate of drug-likeness (QED) is 0.417. The second-order valence-corrected chi connectivity index (χ2v) is 11.0. The summed E-state index contributed by atoms with van der Waals surface area (Å²) in [7, 11) is 0. The number of carbonyl (C=O) groups excluding carboxylic acids is 1. The Morgan fingerprint density at radius 2 is 1.92 bits per heavy atom. The molecule has 0 radical (unpaired) electrons. The van der Waals surface area contributed by atoms with Gasteiger partial charge in [0.2, 0.25) is 5.91 Å². The van der Waals surface area contributed by atoms with Gasteiger partial charge in [-0.1, -0.05) is 42.6 Å². The minimum Gasteiger partial charge on any atom is -0.377 e. The number of amides is 1. The lowest BCUT2D eigenvalue weighted by molar-refractivity contribution is -0.137. The Bertz CT molecular complexity index is 1110. The Balaban J connectivity index is 1.40. The van der Waals surface area contributed by atoms with Crippen molar-refractivity contribution in [2.75, 3.05) is 36.4 Å². The van der Waals surface area contributed by atoms with Crippen molar-refractivity contribution in [3.05, 3.63) is 57.6 Å². The highest BCUT2D eigenvalue weighted by Gasteiger charge is 2.31. The molecule has 2 fully saturated rings. The summed E-state index contributed by atoms with van der Waals surface area (Å²) in [5.74, 6) is 0.259. The first kappa shape index (κ1) is 26.6. The molecule has 0 spiro atoms. The van der Waals surface area contributed by atoms with Gasteiger partial charge in [-0.05, 0) is 80.5 Å². The van der Waals surface area contributed by atoms with Crippen molar-refractivity contribution in [1.82, 2.24) is 4.90 Å². The Hall–Kier alpha value is -2.42. The molecule has 2 unspecified atom stereocenters. The third-order valence-corrected chi connectivity index (χ3v) is 8.10. The van der Waals surface area contributed by atoms with E-state index < -0.39 is 0 Å². The van der Waals surface area contributed by atoms with Crippen LogP contribution in [0.1, 0.15) is 63.1 Å². The molecule has 36 heavy (non-hydrogen) atoms. The number of nitrogens with zero attached hydrogens (tertiary/aromatic N) is 3. The predicted octanol–water partition coefficient (Wildman–Crippen LogP) is 7.10. The fourth-order valence-corrected chi connectivity index (χ4v) is 5.91. The first-order valence-electron chi connectivity index (χ1n) is 13.2. The van der Waals surface area contributed by atoms with Crippen LogP contribution in [-0.2, 0) is 11.2 Å². The first-order chi connectivity index (χ1) is 17.4. The maximum Gasteiger partial charge on any atom is 0.225 e. The SMILES string of the molecule is CCCc1cc(Cl)ccc1C(C)Nc1cc(N2CCC(C(=O)N3CCCC(C#N)C3)CC2)ccc1Cl. The number of anilines is 2. The number of hydrogen-bond acceptors (Lipinski definition) is 4. The molecule has 2 heterocycles. The maximum atomic E-state index is 13.1. The van der Waals surface area contributed by atoms with E-state index in [2.05, 4.69) is 54.4 Å². The molecule has 192 valence electrons. The first-order valence-corrected chi connectivity index (χ1v) is 13.9. The minimum absolute atomic E-state index is 0.0175. The molecule has 7 heteroatoms. The summed E-state index contributed by atoms with van der Waals surface area (Å²) in [5, 5.41) is 14.3. The standard InChI is InChI=1S/C29H36Cl2N4O/c1-3-5-23-16-24(30)7-9-26(23)20(2)33-28-17-25(8-10-27(28)31)34-14-11-22(12-15-34)29(36)35-13-4-6-21(18-32)19-35/h7-10,16-17,20-22,33H,3-6,11-15,19H2,1-2H3. The summed E-state index contributed by atoms with van der Waals surface area (Å²) in [6.45, 7) is 7.37. The van der Waals surface area contributed by atoms with Crippen molar-refractivity contribution >= 4 is 40.5 Å². The number of rotatable bonds is 7. The van der Waals surface area contributed by atoms with Gasteiger partial charge in [-0.3, -0.25) is 4.79 Å². The molecule has 0 aromatic heterocycles. The summed E-state index contributed by atoms with van der Waals surface area (Å²) in [6, 6.07) is 14.7. The maximum absolute atomic E-state index is 13.1. The molecule has 1 amide bonds. The third kappa shape index (κ3) is 6.28. The van der Waals surface area contributed by atoms with Gasteiger partial charge in [0.1, 0.15) is 0 Å². The van der Waals surface area contributed by atoms with E-state index in [0.717, 1.165) is 74.6 Å². The zero-order chi connectivity index (χ0) is 25.7. The molecule has 4 rings (SSSR count). The van der Waals surface area contributed by atoms with E-state index in [1.165, 1.54) is 11.1 Å². The van der Waals surface area contributed by atoms with Crippen molar-refractivity contribution in [1.29, 1.82) is 5.26 Å². The molecule has 0 bridgehead atoms. The number of carbonyl (C=O) groups is 1. The molecule has 5 nitrogen and oxygen atoms in total. The summed E-state index contributed by atoms with van der Waals surface area (Å²) in [4.78, 5) is 17.3. The van der Waals surface area contributed by atoms with Crippen LogP contribution in [0.5, 0.6) is 0 Å². The topological polar surface area (TPSA) is 59.4 Å². The predicted molar refractivity (Wildman–Crippen MR) is 149 cm³/mol. The molecule has 2 aromatic rings. The summed E-state index contributed by atoms with van der Waals surface area (Å²) >= 11 is 12.8. The van der Waals surface area contributed by atoms with Gasteiger partial charge in [0.15, 0.2) is 0 Å². The van der Waals surface area contributed by atoms with Gasteiger partial charge in [-0.15, -0.1) is 0 Å². The lowest BCUT2D eigenvalue weighted by Gasteiger charge is -2.37. The molecule has 2 saturated heterocycles. The van der Waals surface area contributed by atoms with Gasteiger partial charge >= 0.3 is 0 Å². The molecule has 0 aliphatic carbocycles. The summed E-state index contributed by atoms with van der Waals surface area (Å²) in [5.41, 5.74) is 4.53. The van der Waals surface area contributed by atoms with Crippen molar-refractivity contribution in [2.24, 2.45) is 11.8 Å². The number of hydrogen-bond donors (Lipinski definition) is 1. The van der Waals surface area contributed by atoms with E-state index in [0.29, 0.717) is 11.6 Å². The summed E-state index contributed by atoms with van der Waals surface area (Å²) in [6.07, 6.45) is 5.54. The molecule has 2 aliphatic heterocycles. The van der Waals surface area contributed by atoms with Gasteiger partial charge < -0.3 is 15.1 Å². The van der Waals surface area contributed by atoms with E-state index in [-0.39, 0.29) is 23.8 Å². The smallest absolute Gasteiger partial charge is 0.225 e. The number of nitrogens with one attached hydrogen (secondary N) is 1. The van der Waals surface area contributed by atoms with Crippen LogP contribution in [0.2, 0.25) is 10.0 Å². The highest BCUT2D eigenvalue weighted by Crippen LogP contribution is 2.34. The highest BCUT2D eigenvalue weighted by molar-refractivity contribution is 6.33. The molecule has 2 aliphatic rings. The van der Waals surface area contributed by atoms with Gasteiger partial charge in [0.05, 0.1) is 22.7 Å². The van der Waals surface area contributed by atoms with E-state index in [1.54, 1.807) is 0 Å². The number of halogens is 2. The van der Waals surface area contributed by atoms with Crippen LogP contribution in [0.3, 0.4) is 0 Å². The van der Waals surface area contributed by atoms with Crippen molar-refractivity contribution in [3.8, 4) is 6.07 Å². The monoisotopic (exact) mass is 526 g/mol. The van der Waals surface area contributed by atoms with Gasteiger partial charge in [0, 0.05) is 48.8 Å².